The first-order chi connectivity index (χ1) is 20.3. The number of halogens is 1. The van der Waals surface area contributed by atoms with Crippen LogP contribution in [0.1, 0.15) is 31.0 Å². The molecular formula is C29H34ClN7O5. The Morgan fingerprint density at radius 2 is 2.00 bits per heavy atom. The number of benzene rings is 1. The maximum atomic E-state index is 13.3. The number of aromatic nitrogens is 4. The number of carbonyl (C=O) groups is 1. The van der Waals surface area contributed by atoms with E-state index < -0.39 is 0 Å². The van der Waals surface area contributed by atoms with Gasteiger partial charge in [-0.25, -0.2) is 19.3 Å². The van der Waals surface area contributed by atoms with Crippen molar-refractivity contribution in [1.82, 2.24) is 24.8 Å². The van der Waals surface area contributed by atoms with E-state index in [9.17, 15) is 4.79 Å². The summed E-state index contributed by atoms with van der Waals surface area (Å²) in [5.41, 5.74) is 9.81. The van der Waals surface area contributed by atoms with Crippen LogP contribution in [0, 0.1) is 0 Å². The highest BCUT2D eigenvalue weighted by molar-refractivity contribution is 6.30. The number of nitrogens with one attached hydrogen (secondary N) is 1. The van der Waals surface area contributed by atoms with Crippen LogP contribution in [0.5, 0.6) is 17.2 Å². The van der Waals surface area contributed by atoms with Crippen molar-refractivity contribution in [2.75, 3.05) is 38.5 Å². The number of fused-ring (bicyclic) bond motifs is 1. The molecule has 0 saturated heterocycles. The number of imidazole rings is 1. The van der Waals surface area contributed by atoms with E-state index in [0.29, 0.717) is 52.9 Å². The summed E-state index contributed by atoms with van der Waals surface area (Å²) in [6.07, 6.45) is 4.49. The van der Waals surface area contributed by atoms with Crippen molar-refractivity contribution < 1.29 is 23.7 Å². The van der Waals surface area contributed by atoms with Crippen LogP contribution in [0.2, 0.25) is 5.15 Å². The lowest BCUT2D eigenvalue weighted by molar-refractivity contribution is -0.0335. The predicted molar refractivity (Wildman–Crippen MR) is 160 cm³/mol. The summed E-state index contributed by atoms with van der Waals surface area (Å²) in [6.45, 7) is 3.17. The molecule has 2 atom stereocenters. The molecule has 5 rings (SSSR count). The molecule has 42 heavy (non-hydrogen) atoms. The molecular weight excluding hydrogens is 562 g/mol. The lowest BCUT2D eigenvalue weighted by atomic mass is 9.89. The van der Waals surface area contributed by atoms with Gasteiger partial charge in [0.15, 0.2) is 11.4 Å². The number of nitrogens with two attached hydrogens (primary N) is 1. The molecule has 0 bridgehead atoms. The molecule has 12 nitrogen and oxygen atoms in total. The second kappa shape index (κ2) is 12.7. The second-order valence-corrected chi connectivity index (χ2v) is 10.3. The van der Waals surface area contributed by atoms with Crippen LogP contribution in [0.25, 0.3) is 11.2 Å². The number of amides is 1. The summed E-state index contributed by atoms with van der Waals surface area (Å²) in [6, 6.07) is 8.59. The number of carbonyl (C=O) groups excluding carboxylic acids is 1. The molecule has 13 heteroatoms. The van der Waals surface area contributed by atoms with Crippen molar-refractivity contribution in [3.8, 4) is 17.2 Å². The van der Waals surface area contributed by atoms with Crippen LogP contribution in [-0.4, -0.2) is 65.6 Å². The monoisotopic (exact) mass is 595 g/mol. The van der Waals surface area contributed by atoms with E-state index in [1.165, 1.54) is 10.9 Å². The molecule has 222 valence electrons. The van der Waals surface area contributed by atoms with Gasteiger partial charge in [0.2, 0.25) is 0 Å². The highest BCUT2D eigenvalue weighted by atomic mass is 35.5. The fourth-order valence-corrected chi connectivity index (χ4v) is 5.00. The van der Waals surface area contributed by atoms with Gasteiger partial charge in [-0.2, -0.15) is 0 Å². The first kappa shape index (κ1) is 29.2. The summed E-state index contributed by atoms with van der Waals surface area (Å²) in [4.78, 5) is 28.6. The summed E-state index contributed by atoms with van der Waals surface area (Å²) in [7, 11) is 5.14. The normalized spacial score (nSPS) is 16.1. The molecule has 4 aromatic rings. The minimum Gasteiger partial charge on any atom is -0.497 e. The van der Waals surface area contributed by atoms with Gasteiger partial charge in [0.1, 0.15) is 28.5 Å². The number of methoxy groups -OCH3 is 2. The fraction of sp³-hybridized carbons (Fsp3) is 0.379. The summed E-state index contributed by atoms with van der Waals surface area (Å²) in [5, 5.41) is 3.28. The highest BCUT2D eigenvalue weighted by Crippen LogP contribution is 2.32. The predicted octanol–water partition coefficient (Wildman–Crippen LogP) is 4.42. The molecule has 1 aliphatic carbocycles. The van der Waals surface area contributed by atoms with Gasteiger partial charge in [-0.3, -0.25) is 4.98 Å². The van der Waals surface area contributed by atoms with Crippen LogP contribution in [0.3, 0.4) is 0 Å². The summed E-state index contributed by atoms with van der Waals surface area (Å²) >= 11 is 6.41. The molecule has 0 spiro atoms. The number of hydrogen-bond acceptors (Lipinski definition) is 10. The molecule has 3 N–H and O–H groups in total. The molecule has 1 aromatic carbocycles. The first-order valence-electron chi connectivity index (χ1n) is 13.6. The molecule has 0 radical (unpaired) electrons. The van der Waals surface area contributed by atoms with E-state index in [-0.39, 0.29) is 29.9 Å². The van der Waals surface area contributed by atoms with E-state index in [1.54, 1.807) is 32.5 Å². The Morgan fingerprint density at radius 1 is 1.17 bits per heavy atom. The minimum absolute atomic E-state index is 0.156. The van der Waals surface area contributed by atoms with Crippen molar-refractivity contribution >= 4 is 40.2 Å². The number of nitrogen functional groups attached to an aromatic ring is 1. The van der Waals surface area contributed by atoms with Gasteiger partial charge in [-0.05, 0) is 38.0 Å². The minimum atomic E-state index is -0.362. The number of ether oxygens (including phenoxy) is 4. The molecule has 3 aromatic heterocycles. The Morgan fingerprint density at radius 3 is 2.69 bits per heavy atom. The van der Waals surface area contributed by atoms with Gasteiger partial charge in [-0.1, -0.05) is 11.6 Å². The van der Waals surface area contributed by atoms with Crippen molar-refractivity contribution in [1.29, 1.82) is 0 Å². The van der Waals surface area contributed by atoms with Crippen molar-refractivity contribution in [2.24, 2.45) is 0 Å². The lowest BCUT2D eigenvalue weighted by Crippen LogP contribution is -2.52. The van der Waals surface area contributed by atoms with Crippen molar-refractivity contribution in [3.63, 3.8) is 0 Å². The average Bonchev–Trinajstić information content (AvgIpc) is 3.40. The van der Waals surface area contributed by atoms with E-state index >= 15 is 0 Å². The topological polar surface area (TPSA) is 139 Å². The van der Waals surface area contributed by atoms with Crippen molar-refractivity contribution in [3.05, 3.63) is 59.3 Å². The third kappa shape index (κ3) is 6.14. The van der Waals surface area contributed by atoms with Crippen LogP contribution in [0.15, 0.2) is 42.9 Å². The Labute approximate surface area is 248 Å². The molecule has 0 unspecified atom stereocenters. The van der Waals surface area contributed by atoms with Crippen LogP contribution in [-0.2, 0) is 17.9 Å². The maximum Gasteiger partial charge on any atom is 0.328 e. The molecule has 0 aliphatic heterocycles. The van der Waals surface area contributed by atoms with Crippen LogP contribution < -0.4 is 30.2 Å². The van der Waals surface area contributed by atoms with Gasteiger partial charge >= 0.3 is 6.03 Å². The third-order valence-electron chi connectivity index (χ3n) is 7.20. The molecule has 1 saturated carbocycles. The Hall–Kier alpha value is -4.29. The zero-order valence-electron chi connectivity index (χ0n) is 24.0. The van der Waals surface area contributed by atoms with Crippen LogP contribution >= 0.6 is 11.6 Å². The molecule has 3 heterocycles. The Kier molecular flexibility index (Phi) is 8.83. The van der Waals surface area contributed by atoms with Gasteiger partial charge in [0.05, 0.1) is 62.8 Å². The maximum absolute atomic E-state index is 13.3. The van der Waals surface area contributed by atoms with Gasteiger partial charge in [-0.15, -0.1) is 0 Å². The summed E-state index contributed by atoms with van der Waals surface area (Å²) in [5.74, 6) is 1.95. The standard InChI is InChI=1S/C29H34ClN7O5/c1-5-41-25-13-32-18(10-20(25)31)15-42-23-9-8-21(23)34-29(38)37-16-33-27-22(12-26(30)35-28(27)37)36(2)14-17-6-7-19(39-3)11-24(17)40-4/h6-7,10-13,16,21,23H,5,8-9,14-15H2,1-4H3,(H2,31,32)(H,34,38)/t21-,23-/m1/s1. The number of hydrogen-bond donors (Lipinski definition) is 2. The molecule has 1 fully saturated rings. The molecule has 1 amide bonds. The average molecular weight is 596 g/mol. The summed E-state index contributed by atoms with van der Waals surface area (Å²) < 4.78 is 23.7. The second-order valence-electron chi connectivity index (χ2n) is 9.91. The largest absolute Gasteiger partial charge is 0.497 e. The quantitative estimate of drug-likeness (QED) is 0.240. The zero-order chi connectivity index (χ0) is 29.8. The zero-order valence-corrected chi connectivity index (χ0v) is 24.7. The fourth-order valence-electron chi connectivity index (χ4n) is 4.82. The third-order valence-corrected chi connectivity index (χ3v) is 7.40. The Bertz CT molecular complexity index is 1580. The number of nitrogens with zero attached hydrogens (tertiary/aromatic N) is 5. The van der Waals surface area contributed by atoms with E-state index in [0.717, 1.165) is 24.1 Å². The van der Waals surface area contributed by atoms with Gasteiger partial charge in [0, 0.05) is 31.3 Å². The van der Waals surface area contributed by atoms with Gasteiger partial charge in [0.25, 0.3) is 0 Å². The van der Waals surface area contributed by atoms with E-state index in [1.807, 2.05) is 37.1 Å². The van der Waals surface area contributed by atoms with E-state index in [4.69, 9.17) is 36.3 Å². The number of rotatable bonds is 11. The lowest BCUT2D eigenvalue weighted by Gasteiger charge is -2.36. The van der Waals surface area contributed by atoms with Crippen LogP contribution in [0.4, 0.5) is 16.2 Å². The van der Waals surface area contributed by atoms with Crippen molar-refractivity contribution in [2.45, 2.75) is 45.1 Å². The van der Waals surface area contributed by atoms with Gasteiger partial charge < -0.3 is 34.9 Å². The smallest absolute Gasteiger partial charge is 0.328 e. The SMILES string of the molecule is CCOc1cnc(CO[C@@H]2CC[C@H]2NC(=O)n2cnc3c(N(C)Cc4ccc(OC)cc4OC)cc(Cl)nc32)cc1N. The number of anilines is 2. The highest BCUT2D eigenvalue weighted by Gasteiger charge is 2.34. The number of pyridine rings is 2. The Balaban J connectivity index is 1.26. The van der Waals surface area contributed by atoms with E-state index in [2.05, 4.69) is 20.3 Å². The molecule has 1 aliphatic rings. The first-order valence-corrected chi connectivity index (χ1v) is 13.9.